The highest BCUT2D eigenvalue weighted by Gasteiger charge is 2.43. The first-order chi connectivity index (χ1) is 10.4. The van der Waals surface area contributed by atoms with Crippen LogP contribution in [0.15, 0.2) is 12.2 Å². The molecule has 2 amide bonds. The molecule has 0 aromatic rings. The molecule has 10 heteroatoms. The number of ether oxygens (including phenoxy) is 1. The number of primary amides is 1. The Hall–Kier alpha value is -1.56. The summed E-state index contributed by atoms with van der Waals surface area (Å²) in [4.78, 5) is 21.7. The minimum Gasteiger partial charge on any atom is -0.394 e. The van der Waals surface area contributed by atoms with Gasteiger partial charge < -0.3 is 36.2 Å². The zero-order valence-corrected chi connectivity index (χ0v) is 11.8. The molecule has 0 bridgehead atoms. The van der Waals surface area contributed by atoms with E-state index < -0.39 is 49.1 Å². The number of hydrogen-bond donors (Lipinski definition) is 7. The summed E-state index contributed by atoms with van der Waals surface area (Å²) in [5.41, 5.74) is 4.83. The maximum atomic E-state index is 11.2. The van der Waals surface area contributed by atoms with Crippen LogP contribution in [0.2, 0.25) is 0 Å². The van der Waals surface area contributed by atoms with Crippen molar-refractivity contribution in [2.45, 2.75) is 30.6 Å². The molecule has 1 rings (SSSR count). The zero-order chi connectivity index (χ0) is 16.7. The Balaban J connectivity index is 2.35. The molecule has 10 nitrogen and oxygen atoms in total. The van der Waals surface area contributed by atoms with E-state index in [1.807, 2.05) is 0 Å². The average molecular weight is 319 g/mol. The predicted octanol–water partition coefficient (Wildman–Crippen LogP) is -4.47. The fraction of sp³-hybridized carbons (Fsp3) is 0.667. The number of rotatable bonds is 7. The Morgan fingerprint density at radius 3 is 2.36 bits per heavy atom. The molecule has 1 fully saturated rings. The second-order valence-corrected chi connectivity index (χ2v) is 4.73. The van der Waals surface area contributed by atoms with Crippen LogP contribution in [0.4, 0.5) is 0 Å². The van der Waals surface area contributed by atoms with Crippen LogP contribution in [0, 0.1) is 0 Å². The first kappa shape index (κ1) is 18.5. The molecule has 0 saturated carbocycles. The van der Waals surface area contributed by atoms with Crippen LogP contribution in [0.3, 0.4) is 0 Å². The van der Waals surface area contributed by atoms with E-state index in [2.05, 4.69) is 10.6 Å². The van der Waals surface area contributed by atoms with Crippen LogP contribution in [0.25, 0.3) is 0 Å². The van der Waals surface area contributed by atoms with Crippen molar-refractivity contribution in [3.8, 4) is 0 Å². The van der Waals surface area contributed by atoms with Crippen molar-refractivity contribution in [2.75, 3.05) is 19.7 Å². The van der Waals surface area contributed by atoms with Crippen LogP contribution < -0.4 is 16.4 Å². The fourth-order valence-electron chi connectivity index (χ4n) is 1.89. The van der Waals surface area contributed by atoms with E-state index >= 15 is 0 Å². The number of carbonyl (C=O) groups excluding carboxylic acids is 2. The van der Waals surface area contributed by atoms with Gasteiger partial charge in [-0.15, -0.1) is 0 Å². The Morgan fingerprint density at radius 2 is 1.77 bits per heavy atom. The molecule has 0 aliphatic carbocycles. The molecule has 0 aromatic carbocycles. The SMILES string of the molecule is NC(=O)/C=C\C(=O)NCCNC1O[C@H](CO)[C@@H](O)[C@H](O)[C@H]1O. The molecule has 1 aliphatic heterocycles. The van der Waals surface area contributed by atoms with E-state index in [0.29, 0.717) is 0 Å². The highest BCUT2D eigenvalue weighted by atomic mass is 16.6. The Bertz CT molecular complexity index is 416. The van der Waals surface area contributed by atoms with Crippen molar-refractivity contribution in [1.82, 2.24) is 10.6 Å². The molecule has 1 saturated heterocycles. The quantitative estimate of drug-likeness (QED) is 0.182. The minimum absolute atomic E-state index is 0.150. The third-order valence-electron chi connectivity index (χ3n) is 3.06. The van der Waals surface area contributed by atoms with Crippen molar-refractivity contribution in [3.63, 3.8) is 0 Å². The molecule has 0 radical (unpaired) electrons. The van der Waals surface area contributed by atoms with Crippen molar-refractivity contribution in [3.05, 3.63) is 12.2 Å². The van der Waals surface area contributed by atoms with Crippen LogP contribution in [-0.4, -0.2) is 82.6 Å². The third-order valence-corrected chi connectivity index (χ3v) is 3.06. The number of nitrogens with one attached hydrogen (secondary N) is 2. The maximum Gasteiger partial charge on any atom is 0.244 e. The molecule has 1 heterocycles. The molecule has 0 spiro atoms. The molecular formula is C12H21N3O7. The monoisotopic (exact) mass is 319 g/mol. The van der Waals surface area contributed by atoms with Crippen molar-refractivity contribution >= 4 is 11.8 Å². The second kappa shape index (κ2) is 8.78. The van der Waals surface area contributed by atoms with Gasteiger partial charge in [-0.1, -0.05) is 0 Å². The number of hydrogen-bond acceptors (Lipinski definition) is 8. The molecule has 1 unspecified atom stereocenters. The molecule has 5 atom stereocenters. The summed E-state index contributed by atoms with van der Waals surface area (Å²) in [5, 5.41) is 43.1. The zero-order valence-electron chi connectivity index (χ0n) is 11.8. The van der Waals surface area contributed by atoms with Crippen LogP contribution in [0.5, 0.6) is 0 Å². The largest absolute Gasteiger partial charge is 0.394 e. The van der Waals surface area contributed by atoms with Crippen LogP contribution in [0.1, 0.15) is 0 Å². The number of aliphatic hydroxyl groups excluding tert-OH is 4. The van der Waals surface area contributed by atoms with Gasteiger partial charge in [-0.3, -0.25) is 14.9 Å². The lowest BCUT2D eigenvalue weighted by Crippen LogP contribution is -2.62. The normalized spacial score (nSPS) is 32.1. The lowest BCUT2D eigenvalue weighted by atomic mass is 9.98. The summed E-state index contributed by atoms with van der Waals surface area (Å²) in [7, 11) is 0. The Labute approximate surface area is 126 Å². The van der Waals surface area contributed by atoms with E-state index in [9.17, 15) is 24.9 Å². The van der Waals surface area contributed by atoms with Crippen molar-refractivity contribution < 1.29 is 34.8 Å². The van der Waals surface area contributed by atoms with E-state index in [1.54, 1.807) is 0 Å². The van der Waals surface area contributed by atoms with E-state index in [0.717, 1.165) is 12.2 Å². The van der Waals surface area contributed by atoms with Gasteiger partial charge in [0.25, 0.3) is 0 Å². The van der Waals surface area contributed by atoms with Crippen molar-refractivity contribution in [1.29, 1.82) is 0 Å². The Morgan fingerprint density at radius 1 is 1.09 bits per heavy atom. The van der Waals surface area contributed by atoms with Crippen LogP contribution in [-0.2, 0) is 14.3 Å². The molecular weight excluding hydrogens is 298 g/mol. The number of amides is 2. The second-order valence-electron chi connectivity index (χ2n) is 4.73. The third kappa shape index (κ3) is 5.33. The van der Waals surface area contributed by atoms with E-state index in [-0.39, 0.29) is 13.1 Å². The summed E-state index contributed by atoms with van der Waals surface area (Å²) >= 11 is 0. The lowest BCUT2D eigenvalue weighted by molar-refractivity contribution is -0.236. The Kier molecular flexibility index (Phi) is 7.38. The maximum absolute atomic E-state index is 11.2. The predicted molar refractivity (Wildman–Crippen MR) is 73.1 cm³/mol. The van der Waals surface area contributed by atoms with Gasteiger partial charge in [-0.05, 0) is 0 Å². The van der Waals surface area contributed by atoms with Gasteiger partial charge >= 0.3 is 0 Å². The first-order valence-electron chi connectivity index (χ1n) is 6.66. The highest BCUT2D eigenvalue weighted by Crippen LogP contribution is 2.19. The van der Waals surface area contributed by atoms with Gasteiger partial charge in [0.15, 0.2) is 0 Å². The lowest BCUT2D eigenvalue weighted by Gasteiger charge is -2.40. The molecule has 8 N–H and O–H groups in total. The van der Waals surface area contributed by atoms with E-state index in [4.69, 9.17) is 15.6 Å². The summed E-state index contributed by atoms with van der Waals surface area (Å²) in [6, 6.07) is 0. The first-order valence-corrected chi connectivity index (χ1v) is 6.66. The summed E-state index contributed by atoms with van der Waals surface area (Å²) in [6.45, 7) is -0.187. The summed E-state index contributed by atoms with van der Waals surface area (Å²) in [5.74, 6) is -1.26. The van der Waals surface area contributed by atoms with Gasteiger partial charge in [0.1, 0.15) is 30.6 Å². The number of carbonyl (C=O) groups is 2. The number of nitrogens with two attached hydrogens (primary N) is 1. The van der Waals surface area contributed by atoms with Gasteiger partial charge in [-0.25, -0.2) is 0 Å². The minimum atomic E-state index is -1.46. The molecule has 1 aliphatic rings. The van der Waals surface area contributed by atoms with Gasteiger partial charge in [-0.2, -0.15) is 0 Å². The number of aliphatic hydroxyl groups is 4. The molecule has 0 aromatic heterocycles. The van der Waals surface area contributed by atoms with Crippen molar-refractivity contribution in [2.24, 2.45) is 5.73 Å². The standard InChI is InChI=1S/C12H21N3O7/c13-7(17)1-2-8(18)14-3-4-15-12-11(21)10(20)9(19)6(5-16)22-12/h1-2,6,9-12,15-16,19-21H,3-5H2,(H2,13,17)(H,14,18)/b2-1-/t6-,9-,10+,11-,12?/m1/s1. The summed E-state index contributed by atoms with van der Waals surface area (Å²) in [6.07, 6.45) is -4.37. The van der Waals surface area contributed by atoms with Gasteiger partial charge in [0, 0.05) is 25.2 Å². The fourth-order valence-corrected chi connectivity index (χ4v) is 1.89. The van der Waals surface area contributed by atoms with Gasteiger partial charge in [0.05, 0.1) is 6.61 Å². The summed E-state index contributed by atoms with van der Waals surface area (Å²) < 4.78 is 5.21. The molecule has 22 heavy (non-hydrogen) atoms. The van der Waals surface area contributed by atoms with Gasteiger partial charge in [0.2, 0.25) is 11.8 Å². The highest BCUT2D eigenvalue weighted by molar-refractivity contribution is 5.95. The molecule has 126 valence electrons. The van der Waals surface area contributed by atoms with Crippen LogP contribution >= 0.6 is 0 Å². The smallest absolute Gasteiger partial charge is 0.244 e. The average Bonchev–Trinajstić information content (AvgIpc) is 2.49. The topological polar surface area (TPSA) is 174 Å². The van der Waals surface area contributed by atoms with E-state index in [1.165, 1.54) is 0 Å².